The van der Waals surface area contributed by atoms with Crippen molar-refractivity contribution in [3.8, 4) is 0 Å². The fraction of sp³-hybridized carbons (Fsp3) is 1.00. The summed E-state index contributed by atoms with van der Waals surface area (Å²) in [5.74, 6) is 0.229. The minimum absolute atomic E-state index is 0.151. The first-order chi connectivity index (χ1) is 6.64. The summed E-state index contributed by atoms with van der Waals surface area (Å²) in [6, 6.07) is 0.151. The van der Waals surface area contributed by atoms with E-state index in [1.165, 1.54) is 6.42 Å². The molecule has 0 spiro atoms. The summed E-state index contributed by atoms with van der Waals surface area (Å²) in [7, 11) is -3.06. The van der Waals surface area contributed by atoms with Crippen LogP contribution in [0.1, 0.15) is 32.6 Å². The molecule has 0 bridgehead atoms. The predicted octanol–water partition coefficient (Wildman–Crippen LogP) is 0.458. The standard InChI is InChI=1S/C9H20N2O2S/c1-2-6-11-14(12,13)8-9-5-3-4-7-10-9/h9-11H,2-8H2,1H3. The Hall–Kier alpha value is -0.130. The summed E-state index contributed by atoms with van der Waals surface area (Å²) in [6.45, 7) is 3.46. The molecule has 0 saturated carbocycles. The van der Waals surface area contributed by atoms with E-state index in [0.717, 1.165) is 25.8 Å². The van der Waals surface area contributed by atoms with Crippen molar-refractivity contribution < 1.29 is 8.42 Å². The molecular formula is C9H20N2O2S. The summed E-state index contributed by atoms with van der Waals surface area (Å²) in [6.07, 6.45) is 4.13. The van der Waals surface area contributed by atoms with Crippen molar-refractivity contribution in [2.75, 3.05) is 18.8 Å². The van der Waals surface area contributed by atoms with Gasteiger partial charge in [-0.3, -0.25) is 0 Å². The fourth-order valence-electron chi connectivity index (χ4n) is 1.65. The van der Waals surface area contributed by atoms with Crippen LogP contribution in [0.25, 0.3) is 0 Å². The number of hydrogen-bond donors (Lipinski definition) is 2. The Labute approximate surface area is 86.5 Å². The normalized spacial score (nSPS) is 23.6. The summed E-state index contributed by atoms with van der Waals surface area (Å²) in [5.41, 5.74) is 0. The summed E-state index contributed by atoms with van der Waals surface area (Å²) in [5, 5.41) is 3.23. The molecule has 1 rings (SSSR count). The SMILES string of the molecule is CCCNS(=O)(=O)CC1CCCCN1. The molecule has 0 aromatic heterocycles. The second kappa shape index (κ2) is 5.68. The third kappa shape index (κ3) is 4.39. The van der Waals surface area contributed by atoms with Gasteiger partial charge in [0.05, 0.1) is 5.75 Å². The van der Waals surface area contributed by atoms with Crippen molar-refractivity contribution in [3.63, 3.8) is 0 Å². The lowest BCUT2D eigenvalue weighted by molar-refractivity contribution is 0.422. The quantitative estimate of drug-likeness (QED) is 0.707. The molecule has 1 heterocycles. The van der Waals surface area contributed by atoms with Crippen molar-refractivity contribution >= 4 is 10.0 Å². The highest BCUT2D eigenvalue weighted by molar-refractivity contribution is 7.89. The largest absolute Gasteiger partial charge is 0.313 e. The Morgan fingerprint density at radius 2 is 2.21 bits per heavy atom. The molecule has 1 atom stereocenters. The molecule has 0 amide bonds. The summed E-state index contributed by atoms with van der Waals surface area (Å²) < 4.78 is 25.6. The van der Waals surface area contributed by atoms with Gasteiger partial charge in [-0.1, -0.05) is 13.3 Å². The summed E-state index contributed by atoms with van der Waals surface area (Å²) in [4.78, 5) is 0. The molecule has 5 heteroatoms. The van der Waals surface area contributed by atoms with Gasteiger partial charge in [0, 0.05) is 12.6 Å². The van der Waals surface area contributed by atoms with Gasteiger partial charge in [0.2, 0.25) is 10.0 Å². The molecule has 0 aromatic rings. The minimum Gasteiger partial charge on any atom is -0.313 e. The maximum absolute atomic E-state index is 11.5. The van der Waals surface area contributed by atoms with Gasteiger partial charge in [-0.25, -0.2) is 13.1 Å². The van der Waals surface area contributed by atoms with Crippen LogP contribution >= 0.6 is 0 Å². The van der Waals surface area contributed by atoms with Gasteiger partial charge in [0.15, 0.2) is 0 Å². The monoisotopic (exact) mass is 220 g/mol. The molecule has 1 aliphatic rings. The molecule has 1 saturated heterocycles. The lowest BCUT2D eigenvalue weighted by Gasteiger charge is -2.23. The van der Waals surface area contributed by atoms with E-state index in [-0.39, 0.29) is 11.8 Å². The lowest BCUT2D eigenvalue weighted by atomic mass is 10.1. The van der Waals surface area contributed by atoms with Crippen LogP contribution in [0.4, 0.5) is 0 Å². The highest BCUT2D eigenvalue weighted by Crippen LogP contribution is 2.08. The van der Waals surface area contributed by atoms with Crippen LogP contribution in [0.3, 0.4) is 0 Å². The lowest BCUT2D eigenvalue weighted by Crippen LogP contribution is -2.42. The zero-order chi connectivity index (χ0) is 10.4. The Morgan fingerprint density at radius 3 is 2.79 bits per heavy atom. The Morgan fingerprint density at radius 1 is 1.43 bits per heavy atom. The summed E-state index contributed by atoms with van der Waals surface area (Å²) >= 11 is 0. The first-order valence-electron chi connectivity index (χ1n) is 5.35. The van der Waals surface area contributed by atoms with Gasteiger partial charge in [-0.2, -0.15) is 0 Å². The number of hydrogen-bond acceptors (Lipinski definition) is 3. The average Bonchev–Trinajstić information content (AvgIpc) is 2.16. The molecule has 84 valence electrons. The topological polar surface area (TPSA) is 58.2 Å². The molecule has 1 fully saturated rings. The van der Waals surface area contributed by atoms with Crippen LogP contribution in [0.2, 0.25) is 0 Å². The molecule has 2 N–H and O–H groups in total. The van der Waals surface area contributed by atoms with Gasteiger partial charge in [0.25, 0.3) is 0 Å². The maximum Gasteiger partial charge on any atom is 0.213 e. The zero-order valence-corrected chi connectivity index (χ0v) is 9.57. The van der Waals surface area contributed by atoms with E-state index in [9.17, 15) is 8.42 Å². The first kappa shape index (κ1) is 11.9. The van der Waals surface area contributed by atoms with E-state index in [4.69, 9.17) is 0 Å². The molecular weight excluding hydrogens is 200 g/mol. The van der Waals surface area contributed by atoms with Gasteiger partial charge in [-0.15, -0.1) is 0 Å². The van der Waals surface area contributed by atoms with Crippen LogP contribution in [0.15, 0.2) is 0 Å². The fourth-order valence-corrected chi connectivity index (χ4v) is 3.09. The molecule has 0 radical (unpaired) electrons. The highest BCUT2D eigenvalue weighted by Gasteiger charge is 2.19. The van der Waals surface area contributed by atoms with Crippen LogP contribution in [-0.2, 0) is 10.0 Å². The Kier molecular flexibility index (Phi) is 4.84. The third-order valence-electron chi connectivity index (χ3n) is 2.40. The van der Waals surface area contributed by atoms with Crippen molar-refractivity contribution in [3.05, 3.63) is 0 Å². The van der Waals surface area contributed by atoms with Gasteiger partial charge in [-0.05, 0) is 25.8 Å². The molecule has 14 heavy (non-hydrogen) atoms. The molecule has 4 nitrogen and oxygen atoms in total. The van der Waals surface area contributed by atoms with Gasteiger partial charge >= 0.3 is 0 Å². The number of rotatable bonds is 5. The van der Waals surface area contributed by atoms with Crippen LogP contribution < -0.4 is 10.0 Å². The smallest absolute Gasteiger partial charge is 0.213 e. The molecule has 0 aromatic carbocycles. The van der Waals surface area contributed by atoms with Crippen LogP contribution in [0.5, 0.6) is 0 Å². The Bertz CT molecular complexity index is 246. The average molecular weight is 220 g/mol. The molecule has 0 aliphatic carbocycles. The van der Waals surface area contributed by atoms with Crippen molar-refractivity contribution in [2.24, 2.45) is 0 Å². The third-order valence-corrected chi connectivity index (χ3v) is 3.89. The van der Waals surface area contributed by atoms with E-state index in [2.05, 4.69) is 10.0 Å². The zero-order valence-electron chi connectivity index (χ0n) is 8.75. The molecule has 1 aliphatic heterocycles. The van der Waals surface area contributed by atoms with E-state index in [1.807, 2.05) is 6.92 Å². The van der Waals surface area contributed by atoms with E-state index < -0.39 is 10.0 Å². The first-order valence-corrected chi connectivity index (χ1v) is 7.00. The van der Waals surface area contributed by atoms with Crippen LogP contribution in [0, 0.1) is 0 Å². The maximum atomic E-state index is 11.5. The Balaban J connectivity index is 2.33. The number of nitrogens with one attached hydrogen (secondary N) is 2. The highest BCUT2D eigenvalue weighted by atomic mass is 32.2. The second-order valence-corrected chi connectivity index (χ2v) is 5.67. The minimum atomic E-state index is -3.06. The van der Waals surface area contributed by atoms with Crippen molar-refractivity contribution in [1.82, 2.24) is 10.0 Å². The van der Waals surface area contributed by atoms with Crippen molar-refractivity contribution in [1.29, 1.82) is 0 Å². The molecule has 1 unspecified atom stereocenters. The predicted molar refractivity (Wildman–Crippen MR) is 57.7 cm³/mol. The van der Waals surface area contributed by atoms with Gasteiger partial charge in [0.1, 0.15) is 0 Å². The second-order valence-electron chi connectivity index (χ2n) is 3.82. The number of piperidine rings is 1. The van der Waals surface area contributed by atoms with E-state index in [0.29, 0.717) is 6.54 Å². The van der Waals surface area contributed by atoms with E-state index in [1.54, 1.807) is 0 Å². The van der Waals surface area contributed by atoms with Crippen molar-refractivity contribution in [2.45, 2.75) is 38.6 Å². The van der Waals surface area contributed by atoms with E-state index >= 15 is 0 Å². The number of sulfonamides is 1. The van der Waals surface area contributed by atoms with Crippen LogP contribution in [-0.4, -0.2) is 33.3 Å². The van der Waals surface area contributed by atoms with Gasteiger partial charge < -0.3 is 5.32 Å².